The van der Waals surface area contributed by atoms with Crippen LogP contribution in [0.4, 0.5) is 5.69 Å². The maximum Gasteiger partial charge on any atom is 0.258 e. The zero-order valence-corrected chi connectivity index (χ0v) is 16.6. The molecule has 7 heteroatoms. The number of aliphatic imine (C=N–C) groups is 1. The smallest absolute Gasteiger partial charge is 0.258 e. The molecule has 0 spiro atoms. The molecule has 0 bridgehead atoms. The molecule has 1 aliphatic heterocycles. The Bertz CT molecular complexity index is 1050. The molecule has 0 unspecified atom stereocenters. The lowest BCUT2D eigenvalue weighted by Crippen LogP contribution is -2.36. The summed E-state index contributed by atoms with van der Waals surface area (Å²) in [5, 5.41) is 6.06. The van der Waals surface area contributed by atoms with Gasteiger partial charge >= 0.3 is 0 Å². The number of benzene rings is 2. The van der Waals surface area contributed by atoms with E-state index >= 15 is 0 Å². The molecular weight excluding hydrogens is 380 g/mol. The molecule has 7 nitrogen and oxygen atoms in total. The predicted molar refractivity (Wildman–Crippen MR) is 115 cm³/mol. The predicted octanol–water partition coefficient (Wildman–Crippen LogP) is 3.77. The fraction of sp³-hybridized carbons (Fsp3) is 0.174. The number of guanidine groups is 1. The fourth-order valence-corrected chi connectivity index (χ4v) is 2.95. The summed E-state index contributed by atoms with van der Waals surface area (Å²) < 4.78 is 10.7. The van der Waals surface area contributed by atoms with Crippen molar-refractivity contribution in [1.29, 1.82) is 0 Å². The average Bonchev–Trinajstić information content (AvgIpc) is 3.26. The van der Waals surface area contributed by atoms with E-state index in [1.165, 1.54) is 5.56 Å². The highest BCUT2D eigenvalue weighted by atomic mass is 16.7. The van der Waals surface area contributed by atoms with Gasteiger partial charge in [0.2, 0.25) is 12.8 Å². The number of rotatable bonds is 5. The summed E-state index contributed by atoms with van der Waals surface area (Å²) in [4.78, 5) is 21.4. The zero-order chi connectivity index (χ0) is 20.8. The number of hydrogen-bond acceptors (Lipinski definition) is 5. The van der Waals surface area contributed by atoms with E-state index in [2.05, 4.69) is 27.5 Å². The number of aryl methyl sites for hydroxylation is 1. The van der Waals surface area contributed by atoms with Crippen molar-refractivity contribution in [2.45, 2.75) is 19.9 Å². The number of aromatic nitrogens is 1. The van der Waals surface area contributed by atoms with Crippen molar-refractivity contribution in [1.82, 2.24) is 10.3 Å². The summed E-state index contributed by atoms with van der Waals surface area (Å²) in [5.74, 6) is 1.26. The van der Waals surface area contributed by atoms with Crippen LogP contribution in [0, 0.1) is 0 Å². The van der Waals surface area contributed by atoms with E-state index in [1.54, 1.807) is 30.6 Å². The van der Waals surface area contributed by atoms with Crippen LogP contribution in [0.5, 0.6) is 11.5 Å². The van der Waals surface area contributed by atoms with E-state index in [1.807, 2.05) is 36.4 Å². The average molecular weight is 402 g/mol. The third-order valence-electron chi connectivity index (χ3n) is 4.66. The van der Waals surface area contributed by atoms with Crippen LogP contribution in [0.25, 0.3) is 0 Å². The molecule has 4 rings (SSSR count). The first-order valence-corrected chi connectivity index (χ1v) is 9.71. The summed E-state index contributed by atoms with van der Waals surface area (Å²) in [6.07, 6.45) is 4.39. The second-order valence-corrected chi connectivity index (χ2v) is 6.72. The summed E-state index contributed by atoms with van der Waals surface area (Å²) in [5.41, 5.74) is 3.52. The van der Waals surface area contributed by atoms with Crippen LogP contribution in [0.15, 0.2) is 72.0 Å². The molecule has 1 aromatic heterocycles. The number of carbonyl (C=O) groups excluding carboxylic acids is 1. The fourth-order valence-electron chi connectivity index (χ4n) is 2.95. The lowest BCUT2D eigenvalue weighted by Gasteiger charge is -2.13. The second kappa shape index (κ2) is 9.09. The third kappa shape index (κ3) is 4.75. The Kier molecular flexibility index (Phi) is 5.89. The maximum atomic E-state index is 12.8. The first-order valence-electron chi connectivity index (χ1n) is 9.71. The molecule has 2 N–H and O–H groups in total. The van der Waals surface area contributed by atoms with Gasteiger partial charge in [-0.3, -0.25) is 15.1 Å². The first-order chi connectivity index (χ1) is 14.7. The Morgan fingerprint density at radius 2 is 1.77 bits per heavy atom. The van der Waals surface area contributed by atoms with Crippen molar-refractivity contribution < 1.29 is 14.3 Å². The highest BCUT2D eigenvalue weighted by molar-refractivity contribution is 6.10. The zero-order valence-electron chi connectivity index (χ0n) is 16.6. The Balaban J connectivity index is 1.53. The van der Waals surface area contributed by atoms with Crippen molar-refractivity contribution in [3.63, 3.8) is 0 Å². The highest BCUT2D eigenvalue weighted by Crippen LogP contribution is 2.32. The van der Waals surface area contributed by atoms with Crippen LogP contribution in [0.1, 0.15) is 28.4 Å². The number of anilines is 1. The molecule has 3 aromatic rings. The number of carbonyl (C=O) groups is 1. The number of pyridine rings is 1. The molecule has 1 amide bonds. The van der Waals surface area contributed by atoms with Crippen LogP contribution < -0.4 is 20.1 Å². The van der Waals surface area contributed by atoms with Crippen LogP contribution in [0.3, 0.4) is 0 Å². The van der Waals surface area contributed by atoms with Gasteiger partial charge in [0.1, 0.15) is 0 Å². The maximum absolute atomic E-state index is 12.8. The number of nitrogens with one attached hydrogen (secondary N) is 2. The lowest BCUT2D eigenvalue weighted by molar-refractivity contribution is 0.0976. The molecule has 0 atom stereocenters. The van der Waals surface area contributed by atoms with Crippen molar-refractivity contribution in [2.75, 3.05) is 12.1 Å². The number of hydrogen-bond donors (Lipinski definition) is 2. The minimum atomic E-state index is -0.292. The molecular formula is C23H22N4O3. The molecule has 1 aliphatic rings. The topological polar surface area (TPSA) is 84.8 Å². The van der Waals surface area contributed by atoms with Gasteiger partial charge in [-0.1, -0.05) is 19.1 Å². The van der Waals surface area contributed by atoms with Crippen LogP contribution in [-0.2, 0) is 13.0 Å². The summed E-state index contributed by atoms with van der Waals surface area (Å²) in [6.45, 7) is 2.67. The van der Waals surface area contributed by atoms with Gasteiger partial charge in [0.25, 0.3) is 5.91 Å². The molecule has 0 fully saturated rings. The van der Waals surface area contributed by atoms with E-state index < -0.39 is 0 Å². The molecule has 2 aromatic carbocycles. The Labute approximate surface area is 174 Å². The van der Waals surface area contributed by atoms with E-state index in [0.717, 1.165) is 17.7 Å². The normalized spacial score (nSPS) is 12.5. The molecule has 30 heavy (non-hydrogen) atoms. The van der Waals surface area contributed by atoms with E-state index in [9.17, 15) is 4.79 Å². The minimum Gasteiger partial charge on any atom is -0.454 e. The van der Waals surface area contributed by atoms with Crippen LogP contribution in [-0.4, -0.2) is 23.6 Å². The second-order valence-electron chi connectivity index (χ2n) is 6.72. The van der Waals surface area contributed by atoms with E-state index in [4.69, 9.17) is 9.47 Å². The molecule has 0 saturated carbocycles. The lowest BCUT2D eigenvalue weighted by atomic mass is 10.1. The number of ether oxygens (including phenoxy) is 2. The van der Waals surface area contributed by atoms with E-state index in [0.29, 0.717) is 29.6 Å². The molecule has 152 valence electrons. The minimum absolute atomic E-state index is 0.161. The van der Waals surface area contributed by atoms with Crippen molar-refractivity contribution in [3.8, 4) is 11.5 Å². The summed E-state index contributed by atoms with van der Waals surface area (Å²) >= 11 is 0. The number of nitrogens with zero attached hydrogens (tertiary/aromatic N) is 2. The molecule has 0 radical (unpaired) electrons. The van der Waals surface area contributed by atoms with Crippen LogP contribution in [0.2, 0.25) is 0 Å². The van der Waals surface area contributed by atoms with Gasteiger partial charge in [-0.15, -0.1) is 0 Å². The third-order valence-corrected chi connectivity index (χ3v) is 4.66. The Morgan fingerprint density at radius 3 is 2.53 bits per heavy atom. The van der Waals surface area contributed by atoms with Gasteiger partial charge in [-0.2, -0.15) is 0 Å². The van der Waals surface area contributed by atoms with Crippen molar-refractivity contribution in [3.05, 3.63) is 83.7 Å². The van der Waals surface area contributed by atoms with Crippen molar-refractivity contribution in [2.24, 2.45) is 4.99 Å². The number of fused-ring (bicyclic) bond motifs is 1. The van der Waals surface area contributed by atoms with Gasteiger partial charge in [0.05, 0.1) is 6.54 Å². The SMILES string of the molecule is CCc1ccc(NC(=NCc2ccncc2)NC(=O)c2ccc3c(c2)OCO3)cc1. The van der Waals surface area contributed by atoms with Gasteiger partial charge in [-0.25, -0.2) is 4.99 Å². The summed E-state index contributed by atoms with van der Waals surface area (Å²) in [7, 11) is 0. The van der Waals surface area contributed by atoms with Crippen molar-refractivity contribution >= 4 is 17.6 Å². The highest BCUT2D eigenvalue weighted by Gasteiger charge is 2.17. The standard InChI is InChI=1S/C23H22N4O3/c1-2-16-3-6-19(7-4-16)26-23(25-14-17-9-11-24-12-10-17)27-22(28)18-5-8-20-21(13-18)30-15-29-20/h3-13H,2,14-15H2,1H3,(H2,25,26,27,28). The largest absolute Gasteiger partial charge is 0.454 e. The molecule has 0 saturated heterocycles. The van der Waals surface area contributed by atoms with E-state index in [-0.39, 0.29) is 12.7 Å². The quantitative estimate of drug-likeness (QED) is 0.501. The molecule has 2 heterocycles. The van der Waals surface area contributed by atoms with Gasteiger partial charge < -0.3 is 14.8 Å². The van der Waals surface area contributed by atoms with Gasteiger partial charge in [0.15, 0.2) is 11.5 Å². The Hall–Kier alpha value is -3.87. The van der Waals surface area contributed by atoms with Gasteiger partial charge in [0, 0.05) is 23.6 Å². The van der Waals surface area contributed by atoms with Gasteiger partial charge in [-0.05, 0) is 60.0 Å². The first kappa shape index (κ1) is 19.4. The Morgan fingerprint density at radius 1 is 1.00 bits per heavy atom. The summed E-state index contributed by atoms with van der Waals surface area (Å²) in [6, 6.07) is 16.9. The van der Waals surface area contributed by atoms with Crippen LogP contribution >= 0.6 is 0 Å². The monoisotopic (exact) mass is 402 g/mol. The number of amides is 1. The molecule has 0 aliphatic carbocycles.